The Morgan fingerprint density at radius 1 is 0.862 bits per heavy atom. The van der Waals surface area contributed by atoms with Crippen molar-refractivity contribution in [3.8, 4) is 5.75 Å². The van der Waals surface area contributed by atoms with Gasteiger partial charge in [-0.2, -0.15) is 0 Å². The van der Waals surface area contributed by atoms with Gasteiger partial charge in [0.15, 0.2) is 5.16 Å². The molecule has 0 aliphatic carbocycles. The number of rotatable bonds is 9. The van der Waals surface area contributed by atoms with E-state index in [4.69, 9.17) is 14.5 Å². The Morgan fingerprint density at radius 3 is 2.41 bits per heavy atom. The van der Waals surface area contributed by atoms with Gasteiger partial charge in [-0.25, -0.2) is 4.98 Å². The molecule has 1 aromatic heterocycles. The molecule has 4 aromatic rings. The molecule has 1 heterocycles. The Balaban J connectivity index is 1.41. The van der Waals surface area contributed by atoms with Crippen molar-refractivity contribution >= 4 is 22.8 Å². The van der Waals surface area contributed by atoms with E-state index < -0.39 is 0 Å². The molecule has 5 heteroatoms. The number of methoxy groups -OCH3 is 1. The van der Waals surface area contributed by atoms with Gasteiger partial charge in [0.05, 0.1) is 31.4 Å². The second-order valence-electron chi connectivity index (χ2n) is 6.71. The number of para-hydroxylation sites is 2. The molecule has 0 bridgehead atoms. The Morgan fingerprint density at radius 2 is 1.62 bits per heavy atom. The summed E-state index contributed by atoms with van der Waals surface area (Å²) in [6.07, 6.45) is 0. The zero-order valence-electron chi connectivity index (χ0n) is 16.5. The van der Waals surface area contributed by atoms with Gasteiger partial charge in [0.2, 0.25) is 0 Å². The van der Waals surface area contributed by atoms with Crippen LogP contribution in [-0.4, -0.2) is 23.3 Å². The Labute approximate surface area is 175 Å². The monoisotopic (exact) mass is 404 g/mol. The lowest BCUT2D eigenvalue weighted by atomic mass is 10.2. The van der Waals surface area contributed by atoms with E-state index in [-0.39, 0.29) is 0 Å². The Bertz CT molecular complexity index is 1050. The molecule has 0 amide bonds. The third kappa shape index (κ3) is 5.00. The van der Waals surface area contributed by atoms with Gasteiger partial charge in [-0.15, -0.1) is 0 Å². The van der Waals surface area contributed by atoms with Crippen LogP contribution >= 0.6 is 11.8 Å². The first kappa shape index (κ1) is 19.6. The third-order valence-corrected chi connectivity index (χ3v) is 5.76. The molecular weight excluding hydrogens is 380 g/mol. The van der Waals surface area contributed by atoms with Crippen molar-refractivity contribution in [3.63, 3.8) is 0 Å². The molecule has 4 nitrogen and oxygen atoms in total. The molecule has 3 aromatic carbocycles. The molecule has 0 spiro atoms. The highest BCUT2D eigenvalue weighted by Gasteiger charge is 2.11. The van der Waals surface area contributed by atoms with Gasteiger partial charge in [-0.3, -0.25) is 0 Å². The molecule has 0 aliphatic heterocycles. The number of thioether (sulfide) groups is 1. The predicted octanol–water partition coefficient (Wildman–Crippen LogP) is 5.55. The minimum Gasteiger partial charge on any atom is -0.497 e. The first-order valence-electron chi connectivity index (χ1n) is 9.66. The Hall–Kier alpha value is -2.76. The van der Waals surface area contributed by atoms with Gasteiger partial charge in [-0.1, -0.05) is 66.4 Å². The summed E-state index contributed by atoms with van der Waals surface area (Å²) in [6, 6.07) is 26.8. The van der Waals surface area contributed by atoms with Gasteiger partial charge in [-0.05, 0) is 35.4 Å². The molecule has 4 rings (SSSR count). The maximum atomic E-state index is 5.93. The van der Waals surface area contributed by atoms with E-state index in [2.05, 4.69) is 47.0 Å². The van der Waals surface area contributed by atoms with E-state index in [1.54, 1.807) is 18.9 Å². The molecule has 0 saturated carbocycles. The lowest BCUT2D eigenvalue weighted by molar-refractivity contribution is 0.112. The van der Waals surface area contributed by atoms with Crippen LogP contribution in [-0.2, 0) is 23.6 Å². The van der Waals surface area contributed by atoms with Crippen molar-refractivity contribution in [2.24, 2.45) is 0 Å². The lowest BCUT2D eigenvalue weighted by Crippen LogP contribution is -2.07. The van der Waals surface area contributed by atoms with Crippen LogP contribution in [0.1, 0.15) is 11.1 Å². The van der Waals surface area contributed by atoms with E-state index in [1.165, 1.54) is 5.56 Å². The fourth-order valence-corrected chi connectivity index (χ4v) is 4.17. The molecular formula is C24H24N2O2S. The molecule has 148 valence electrons. The zero-order valence-corrected chi connectivity index (χ0v) is 17.3. The summed E-state index contributed by atoms with van der Waals surface area (Å²) in [6.45, 7) is 1.99. The third-order valence-electron chi connectivity index (χ3n) is 4.72. The molecule has 0 aliphatic rings. The SMILES string of the molecule is COc1ccc(COCCn2c(SCc3ccccc3)nc3ccccc32)cc1. The summed E-state index contributed by atoms with van der Waals surface area (Å²) in [5.74, 6) is 1.76. The minimum absolute atomic E-state index is 0.586. The Kier molecular flexibility index (Phi) is 6.49. The maximum absolute atomic E-state index is 5.93. The van der Waals surface area contributed by atoms with Crippen LogP contribution in [0.15, 0.2) is 84.0 Å². The number of ether oxygens (including phenoxy) is 2. The highest BCUT2D eigenvalue weighted by molar-refractivity contribution is 7.98. The van der Waals surface area contributed by atoms with Crippen LogP contribution in [0, 0.1) is 0 Å². The molecule has 0 atom stereocenters. The van der Waals surface area contributed by atoms with Gasteiger partial charge < -0.3 is 14.0 Å². The maximum Gasteiger partial charge on any atom is 0.169 e. The number of hydrogen-bond donors (Lipinski definition) is 0. The summed E-state index contributed by atoms with van der Waals surface area (Å²) in [5, 5.41) is 1.03. The smallest absolute Gasteiger partial charge is 0.169 e. The number of nitrogens with zero attached hydrogens (tertiary/aromatic N) is 2. The predicted molar refractivity (Wildman–Crippen MR) is 118 cm³/mol. The van der Waals surface area contributed by atoms with Crippen molar-refractivity contribution < 1.29 is 9.47 Å². The van der Waals surface area contributed by atoms with Crippen LogP contribution in [0.5, 0.6) is 5.75 Å². The van der Waals surface area contributed by atoms with Crippen LogP contribution in [0.2, 0.25) is 0 Å². The summed E-state index contributed by atoms with van der Waals surface area (Å²) in [4.78, 5) is 4.84. The van der Waals surface area contributed by atoms with Gasteiger partial charge >= 0.3 is 0 Å². The lowest BCUT2D eigenvalue weighted by Gasteiger charge is -2.10. The topological polar surface area (TPSA) is 36.3 Å². The highest BCUT2D eigenvalue weighted by atomic mass is 32.2. The van der Waals surface area contributed by atoms with Gasteiger partial charge in [0.1, 0.15) is 5.75 Å². The molecule has 0 radical (unpaired) electrons. The number of fused-ring (bicyclic) bond motifs is 1. The first-order chi connectivity index (χ1) is 14.3. The summed E-state index contributed by atoms with van der Waals surface area (Å²) >= 11 is 1.77. The average Bonchev–Trinajstić information content (AvgIpc) is 3.14. The summed E-state index contributed by atoms with van der Waals surface area (Å²) in [5.41, 5.74) is 4.61. The molecule has 0 saturated heterocycles. The van der Waals surface area contributed by atoms with Crippen LogP contribution < -0.4 is 4.74 Å². The van der Waals surface area contributed by atoms with E-state index in [1.807, 2.05) is 36.4 Å². The van der Waals surface area contributed by atoms with Crippen molar-refractivity contribution in [2.45, 2.75) is 24.1 Å². The van der Waals surface area contributed by atoms with Crippen LogP contribution in [0.4, 0.5) is 0 Å². The number of imidazole rings is 1. The quantitative estimate of drug-likeness (QED) is 0.270. The molecule has 0 unspecified atom stereocenters. The van der Waals surface area contributed by atoms with Crippen LogP contribution in [0.25, 0.3) is 11.0 Å². The van der Waals surface area contributed by atoms with Gasteiger partial charge in [0.25, 0.3) is 0 Å². The number of aromatic nitrogens is 2. The zero-order chi connectivity index (χ0) is 19.9. The van der Waals surface area contributed by atoms with E-state index in [0.29, 0.717) is 13.2 Å². The summed E-state index contributed by atoms with van der Waals surface area (Å²) in [7, 11) is 1.67. The van der Waals surface area contributed by atoms with Crippen molar-refractivity contribution in [1.82, 2.24) is 9.55 Å². The fraction of sp³-hybridized carbons (Fsp3) is 0.208. The largest absolute Gasteiger partial charge is 0.497 e. The number of benzene rings is 3. The molecule has 0 fully saturated rings. The average molecular weight is 405 g/mol. The van der Waals surface area contributed by atoms with E-state index >= 15 is 0 Å². The van der Waals surface area contributed by atoms with Gasteiger partial charge in [0, 0.05) is 12.3 Å². The first-order valence-corrected chi connectivity index (χ1v) is 10.6. The second kappa shape index (κ2) is 9.63. The van der Waals surface area contributed by atoms with Crippen molar-refractivity contribution in [3.05, 3.63) is 90.0 Å². The standard InChI is InChI=1S/C24H24N2O2S/c1-27-21-13-11-19(12-14-21)17-28-16-15-26-23-10-6-5-9-22(23)25-24(26)29-18-20-7-3-2-4-8-20/h2-14H,15-18H2,1H3. The van der Waals surface area contributed by atoms with Crippen molar-refractivity contribution in [2.75, 3.05) is 13.7 Å². The van der Waals surface area contributed by atoms with Crippen molar-refractivity contribution in [1.29, 1.82) is 0 Å². The minimum atomic E-state index is 0.586. The van der Waals surface area contributed by atoms with Crippen LogP contribution in [0.3, 0.4) is 0 Å². The normalized spacial score (nSPS) is 11.1. The molecule has 29 heavy (non-hydrogen) atoms. The van der Waals surface area contributed by atoms with E-state index in [0.717, 1.165) is 39.8 Å². The highest BCUT2D eigenvalue weighted by Crippen LogP contribution is 2.26. The molecule has 0 N–H and O–H groups in total. The summed E-state index contributed by atoms with van der Waals surface area (Å²) < 4.78 is 13.4. The second-order valence-corrected chi connectivity index (χ2v) is 7.65. The fourth-order valence-electron chi connectivity index (χ4n) is 3.17. The van der Waals surface area contributed by atoms with E-state index in [9.17, 15) is 0 Å². The number of hydrogen-bond acceptors (Lipinski definition) is 4.